The molecule has 1 aromatic rings. The number of terminal acetylenes is 1. The average molecular weight is 490 g/mol. The molecule has 1 rings (SSSR count). The molecular formula is C25H35N3O7. The van der Waals surface area contributed by atoms with Crippen molar-refractivity contribution in [3.05, 3.63) is 35.4 Å². The van der Waals surface area contributed by atoms with Crippen LogP contribution < -0.4 is 10.6 Å². The zero-order chi connectivity index (χ0) is 26.6. The minimum absolute atomic E-state index is 0.0104. The van der Waals surface area contributed by atoms with E-state index in [0.717, 1.165) is 4.90 Å². The van der Waals surface area contributed by atoms with Crippen LogP contribution in [-0.2, 0) is 23.9 Å². The number of rotatable bonds is 11. The summed E-state index contributed by atoms with van der Waals surface area (Å²) in [7, 11) is 0. The Labute approximate surface area is 206 Å². The van der Waals surface area contributed by atoms with E-state index in [-0.39, 0.29) is 26.1 Å². The molecule has 10 heteroatoms. The first kappa shape index (κ1) is 29.5. The lowest BCUT2D eigenvalue weighted by atomic mass is 10.0. The molecule has 0 saturated carbocycles. The van der Waals surface area contributed by atoms with Crippen molar-refractivity contribution < 1.29 is 33.8 Å². The summed E-state index contributed by atoms with van der Waals surface area (Å²) in [6.45, 7) is 7.79. The lowest BCUT2D eigenvalue weighted by Gasteiger charge is -2.33. The van der Waals surface area contributed by atoms with Crippen molar-refractivity contribution in [2.24, 2.45) is 0 Å². The Kier molecular flexibility index (Phi) is 11.8. The smallest absolute Gasteiger partial charge is 0.408 e. The molecule has 0 bridgehead atoms. The van der Waals surface area contributed by atoms with Gasteiger partial charge in [-0.05, 0) is 52.3 Å². The fourth-order valence-electron chi connectivity index (χ4n) is 3.12. The molecule has 2 unspecified atom stereocenters. The summed E-state index contributed by atoms with van der Waals surface area (Å²) >= 11 is 0. The third kappa shape index (κ3) is 10.1. The number of ether oxygens (including phenoxy) is 2. The van der Waals surface area contributed by atoms with Gasteiger partial charge in [-0.15, -0.1) is 6.42 Å². The molecule has 2 atom stereocenters. The largest absolute Gasteiger partial charge is 0.466 e. The van der Waals surface area contributed by atoms with Crippen LogP contribution >= 0.6 is 0 Å². The quantitative estimate of drug-likeness (QED) is 0.317. The number of hydrogen-bond donors (Lipinski definition) is 3. The van der Waals surface area contributed by atoms with E-state index >= 15 is 0 Å². The van der Waals surface area contributed by atoms with Crippen molar-refractivity contribution in [2.45, 2.75) is 58.7 Å². The van der Waals surface area contributed by atoms with Gasteiger partial charge in [0.2, 0.25) is 11.8 Å². The normalized spacial score (nSPS) is 12.5. The van der Waals surface area contributed by atoms with E-state index in [9.17, 15) is 24.3 Å². The van der Waals surface area contributed by atoms with Gasteiger partial charge in [-0.3, -0.25) is 14.4 Å². The number of carbonyl (C=O) groups excluding carboxylic acids is 4. The Bertz CT molecular complexity index is 916. The lowest BCUT2D eigenvalue weighted by Crippen LogP contribution is -2.52. The predicted molar refractivity (Wildman–Crippen MR) is 129 cm³/mol. The van der Waals surface area contributed by atoms with E-state index in [1.807, 2.05) is 0 Å². The van der Waals surface area contributed by atoms with Crippen LogP contribution in [0.25, 0.3) is 0 Å². The van der Waals surface area contributed by atoms with Gasteiger partial charge < -0.3 is 30.1 Å². The maximum absolute atomic E-state index is 13.3. The highest BCUT2D eigenvalue weighted by Gasteiger charge is 2.34. The predicted octanol–water partition coefficient (Wildman–Crippen LogP) is 1.51. The van der Waals surface area contributed by atoms with Gasteiger partial charge >= 0.3 is 12.1 Å². The van der Waals surface area contributed by atoms with Crippen LogP contribution in [0.3, 0.4) is 0 Å². The zero-order valence-corrected chi connectivity index (χ0v) is 20.9. The summed E-state index contributed by atoms with van der Waals surface area (Å²) in [6, 6.07) is 4.24. The topological polar surface area (TPSA) is 134 Å². The third-order valence-corrected chi connectivity index (χ3v) is 4.61. The van der Waals surface area contributed by atoms with Crippen molar-refractivity contribution in [1.82, 2.24) is 15.5 Å². The highest BCUT2D eigenvalue weighted by molar-refractivity contribution is 5.92. The van der Waals surface area contributed by atoms with Gasteiger partial charge in [0.1, 0.15) is 17.7 Å². The molecule has 0 heterocycles. The Morgan fingerprint density at radius 3 is 2.31 bits per heavy atom. The van der Waals surface area contributed by atoms with E-state index < -0.39 is 48.2 Å². The zero-order valence-electron chi connectivity index (χ0n) is 20.9. The number of esters is 1. The van der Waals surface area contributed by atoms with Crippen LogP contribution in [0.1, 0.15) is 58.2 Å². The summed E-state index contributed by atoms with van der Waals surface area (Å²) < 4.78 is 10.1. The highest BCUT2D eigenvalue weighted by Crippen LogP contribution is 2.23. The van der Waals surface area contributed by atoms with Crippen molar-refractivity contribution in [3.8, 4) is 12.3 Å². The van der Waals surface area contributed by atoms with Crippen LogP contribution in [0.5, 0.6) is 0 Å². The van der Waals surface area contributed by atoms with Gasteiger partial charge in [-0.25, -0.2) is 4.79 Å². The SMILES string of the molecule is C#Cc1ccc(C(C(=O)NCCC(=O)OCC)N(CCO)C(=O)C(C)NC(=O)OC(C)(C)C)cc1. The number of nitrogens with one attached hydrogen (secondary N) is 2. The number of amides is 3. The van der Waals surface area contributed by atoms with Gasteiger partial charge in [0.15, 0.2) is 0 Å². The molecular weight excluding hydrogens is 454 g/mol. The van der Waals surface area contributed by atoms with E-state index in [1.54, 1.807) is 52.0 Å². The van der Waals surface area contributed by atoms with Gasteiger partial charge in [0.25, 0.3) is 0 Å². The van der Waals surface area contributed by atoms with Gasteiger partial charge in [-0.1, -0.05) is 18.1 Å². The summed E-state index contributed by atoms with van der Waals surface area (Å²) in [5.41, 5.74) is 0.247. The van der Waals surface area contributed by atoms with Crippen molar-refractivity contribution >= 4 is 23.9 Å². The number of alkyl carbamates (subject to hydrolysis) is 1. The minimum Gasteiger partial charge on any atom is -0.466 e. The first-order chi connectivity index (χ1) is 16.4. The third-order valence-electron chi connectivity index (χ3n) is 4.61. The first-order valence-electron chi connectivity index (χ1n) is 11.3. The van der Waals surface area contributed by atoms with Gasteiger partial charge in [0, 0.05) is 18.7 Å². The average Bonchev–Trinajstić information content (AvgIpc) is 2.77. The van der Waals surface area contributed by atoms with Crippen LogP contribution in [0.15, 0.2) is 24.3 Å². The number of hydrogen-bond acceptors (Lipinski definition) is 7. The number of carbonyl (C=O) groups is 4. The Morgan fingerprint density at radius 2 is 1.80 bits per heavy atom. The van der Waals surface area contributed by atoms with E-state index in [1.165, 1.54) is 6.92 Å². The molecule has 0 aromatic heterocycles. The van der Waals surface area contributed by atoms with Crippen LogP contribution in [-0.4, -0.2) is 71.8 Å². The number of aliphatic hydroxyl groups is 1. The van der Waals surface area contributed by atoms with E-state index in [2.05, 4.69) is 16.6 Å². The standard InChI is InChI=1S/C25H35N3O7/c1-7-18-9-11-19(12-10-18)21(22(31)26-14-13-20(30)34-8-2)28(15-16-29)23(32)17(3)27-24(33)35-25(4,5)6/h1,9-12,17,21,29H,8,13-16H2,2-6H3,(H,26,31)(H,27,33). The number of nitrogens with zero attached hydrogens (tertiary/aromatic N) is 1. The molecule has 3 amide bonds. The minimum atomic E-state index is -1.16. The molecule has 0 aliphatic rings. The molecule has 3 N–H and O–H groups in total. The fourth-order valence-corrected chi connectivity index (χ4v) is 3.12. The molecule has 192 valence electrons. The highest BCUT2D eigenvalue weighted by atomic mass is 16.6. The molecule has 0 saturated heterocycles. The summed E-state index contributed by atoms with van der Waals surface area (Å²) in [6.07, 6.45) is 4.57. The molecule has 0 spiro atoms. The van der Waals surface area contributed by atoms with Crippen LogP contribution in [0.4, 0.5) is 4.79 Å². The fraction of sp³-hybridized carbons (Fsp3) is 0.520. The van der Waals surface area contributed by atoms with E-state index in [4.69, 9.17) is 15.9 Å². The molecule has 0 radical (unpaired) electrons. The Hall–Kier alpha value is -3.58. The Balaban J connectivity index is 3.19. The van der Waals surface area contributed by atoms with Gasteiger partial charge in [0.05, 0.1) is 19.6 Å². The maximum Gasteiger partial charge on any atom is 0.408 e. The van der Waals surface area contributed by atoms with Gasteiger partial charge in [-0.2, -0.15) is 0 Å². The van der Waals surface area contributed by atoms with Crippen LogP contribution in [0, 0.1) is 12.3 Å². The maximum atomic E-state index is 13.3. The van der Waals surface area contributed by atoms with Crippen molar-refractivity contribution in [3.63, 3.8) is 0 Å². The first-order valence-corrected chi connectivity index (χ1v) is 11.3. The van der Waals surface area contributed by atoms with Crippen molar-refractivity contribution in [1.29, 1.82) is 0 Å². The van der Waals surface area contributed by atoms with Crippen molar-refractivity contribution in [2.75, 3.05) is 26.3 Å². The lowest BCUT2D eigenvalue weighted by molar-refractivity contribution is -0.144. The molecule has 1 aromatic carbocycles. The summed E-state index contributed by atoms with van der Waals surface area (Å²) in [5.74, 6) is 0.822. The molecule has 35 heavy (non-hydrogen) atoms. The second-order valence-electron chi connectivity index (χ2n) is 8.64. The summed E-state index contributed by atoms with van der Waals surface area (Å²) in [4.78, 5) is 51.5. The monoisotopic (exact) mass is 489 g/mol. The molecule has 0 fully saturated rings. The summed E-state index contributed by atoms with van der Waals surface area (Å²) in [5, 5.41) is 14.7. The van der Waals surface area contributed by atoms with Crippen LogP contribution in [0.2, 0.25) is 0 Å². The second kappa shape index (κ2) is 14.0. The molecule has 0 aliphatic heterocycles. The second-order valence-corrected chi connectivity index (χ2v) is 8.64. The number of aliphatic hydroxyl groups excluding tert-OH is 1. The Morgan fingerprint density at radius 1 is 1.17 bits per heavy atom. The van der Waals surface area contributed by atoms with E-state index in [0.29, 0.717) is 11.1 Å². The number of benzene rings is 1. The molecule has 10 nitrogen and oxygen atoms in total. The molecule has 0 aliphatic carbocycles.